The molecule has 0 saturated carbocycles. The Kier molecular flexibility index (Phi) is 5.83. The molecule has 0 aliphatic heterocycles. The van der Waals surface area contributed by atoms with Gasteiger partial charge in [0, 0.05) is 18.1 Å². The predicted octanol–water partition coefficient (Wildman–Crippen LogP) is 4.33. The predicted molar refractivity (Wildman–Crippen MR) is 91.8 cm³/mol. The summed E-state index contributed by atoms with van der Waals surface area (Å²) < 4.78 is 0. The minimum atomic E-state index is 0.469. The van der Waals surface area contributed by atoms with Crippen molar-refractivity contribution < 1.29 is 0 Å². The highest BCUT2D eigenvalue weighted by Gasteiger charge is 2.35. The summed E-state index contributed by atoms with van der Waals surface area (Å²) in [5, 5.41) is 3.82. The van der Waals surface area contributed by atoms with Crippen LogP contribution in [-0.4, -0.2) is 30.6 Å². The number of benzene rings is 1. The molecule has 2 nitrogen and oxygen atoms in total. The monoisotopic (exact) mass is 288 g/mol. The Bertz CT molecular complexity index is 443. The first-order valence-electron chi connectivity index (χ1n) is 8.64. The number of nitrogens with zero attached hydrogens (tertiary/aromatic N) is 1. The molecule has 0 spiro atoms. The van der Waals surface area contributed by atoms with E-state index in [1.165, 1.54) is 24.8 Å². The average molecular weight is 288 g/mol. The number of hydrogen-bond donors (Lipinski definition) is 1. The molecule has 0 saturated heterocycles. The van der Waals surface area contributed by atoms with Gasteiger partial charge in [-0.2, -0.15) is 0 Å². The molecule has 21 heavy (non-hydrogen) atoms. The molecule has 0 radical (unpaired) electrons. The molecule has 2 heteroatoms. The highest BCUT2D eigenvalue weighted by molar-refractivity contribution is 5.36. The standard InChI is InChI=1S/C19H32N2/c1-6-12-20-19-17-11-9-8-10-16(17)14(3)13-18(19)21(5)15(4)7-2/h8-11,14-15,18-20H,6-7,12-13H2,1-5H3. The lowest BCUT2D eigenvalue weighted by Gasteiger charge is -2.44. The van der Waals surface area contributed by atoms with Gasteiger partial charge in [-0.05, 0) is 56.8 Å². The van der Waals surface area contributed by atoms with E-state index in [-0.39, 0.29) is 0 Å². The molecule has 2 rings (SSSR count). The van der Waals surface area contributed by atoms with E-state index >= 15 is 0 Å². The average Bonchev–Trinajstić information content (AvgIpc) is 2.52. The molecule has 0 heterocycles. The molecule has 0 amide bonds. The normalized spacial score (nSPS) is 26.7. The van der Waals surface area contributed by atoms with Crippen molar-refractivity contribution in [3.8, 4) is 0 Å². The Morgan fingerprint density at radius 1 is 1.24 bits per heavy atom. The van der Waals surface area contributed by atoms with Crippen LogP contribution >= 0.6 is 0 Å². The van der Waals surface area contributed by atoms with Crippen molar-refractivity contribution in [3.05, 3.63) is 35.4 Å². The summed E-state index contributed by atoms with van der Waals surface area (Å²) >= 11 is 0. The molecule has 4 atom stereocenters. The van der Waals surface area contributed by atoms with E-state index in [1.54, 1.807) is 5.56 Å². The van der Waals surface area contributed by atoms with E-state index in [4.69, 9.17) is 0 Å². The van der Waals surface area contributed by atoms with Crippen LogP contribution in [0.2, 0.25) is 0 Å². The molecule has 1 aliphatic rings. The minimum absolute atomic E-state index is 0.469. The quantitative estimate of drug-likeness (QED) is 0.838. The summed E-state index contributed by atoms with van der Waals surface area (Å²) in [6.45, 7) is 10.4. The topological polar surface area (TPSA) is 15.3 Å². The smallest absolute Gasteiger partial charge is 0.0481 e. The third kappa shape index (κ3) is 3.49. The number of hydrogen-bond acceptors (Lipinski definition) is 2. The van der Waals surface area contributed by atoms with Crippen LogP contribution in [0.3, 0.4) is 0 Å². The van der Waals surface area contributed by atoms with Gasteiger partial charge < -0.3 is 5.32 Å². The molecular weight excluding hydrogens is 256 g/mol. The van der Waals surface area contributed by atoms with Gasteiger partial charge in [0.05, 0.1) is 0 Å². The van der Waals surface area contributed by atoms with E-state index < -0.39 is 0 Å². The van der Waals surface area contributed by atoms with E-state index in [2.05, 4.69) is 69.2 Å². The molecule has 118 valence electrons. The van der Waals surface area contributed by atoms with Crippen molar-refractivity contribution in [2.45, 2.75) is 71.0 Å². The second-order valence-electron chi connectivity index (χ2n) is 6.69. The maximum Gasteiger partial charge on any atom is 0.0481 e. The molecule has 1 N–H and O–H groups in total. The van der Waals surface area contributed by atoms with Crippen LogP contribution in [0.5, 0.6) is 0 Å². The van der Waals surface area contributed by atoms with Crippen LogP contribution in [-0.2, 0) is 0 Å². The van der Waals surface area contributed by atoms with Gasteiger partial charge in [0.15, 0.2) is 0 Å². The molecule has 4 unspecified atom stereocenters. The van der Waals surface area contributed by atoms with Crippen LogP contribution in [0.1, 0.15) is 70.0 Å². The fraction of sp³-hybridized carbons (Fsp3) is 0.684. The van der Waals surface area contributed by atoms with Gasteiger partial charge in [0.1, 0.15) is 0 Å². The second kappa shape index (κ2) is 7.42. The molecular formula is C19H32N2. The fourth-order valence-corrected chi connectivity index (χ4v) is 3.64. The Morgan fingerprint density at radius 3 is 2.52 bits per heavy atom. The summed E-state index contributed by atoms with van der Waals surface area (Å²) in [4.78, 5) is 2.60. The maximum atomic E-state index is 3.82. The van der Waals surface area contributed by atoms with Crippen molar-refractivity contribution in [1.29, 1.82) is 0 Å². The highest BCUT2D eigenvalue weighted by atomic mass is 15.2. The Labute approximate surface area is 130 Å². The van der Waals surface area contributed by atoms with Crippen LogP contribution in [0, 0.1) is 0 Å². The lowest BCUT2D eigenvalue weighted by Crippen LogP contribution is -2.49. The zero-order valence-corrected chi connectivity index (χ0v) is 14.4. The van der Waals surface area contributed by atoms with Crippen molar-refractivity contribution in [3.63, 3.8) is 0 Å². The van der Waals surface area contributed by atoms with Gasteiger partial charge >= 0.3 is 0 Å². The maximum absolute atomic E-state index is 3.82. The summed E-state index contributed by atoms with van der Waals surface area (Å²) in [5.41, 5.74) is 3.06. The van der Waals surface area contributed by atoms with E-state index in [0.29, 0.717) is 24.0 Å². The zero-order chi connectivity index (χ0) is 15.4. The lowest BCUT2D eigenvalue weighted by atomic mass is 9.77. The minimum Gasteiger partial charge on any atom is -0.309 e. The van der Waals surface area contributed by atoms with E-state index in [1.807, 2.05) is 0 Å². The Balaban J connectivity index is 2.32. The van der Waals surface area contributed by atoms with Gasteiger partial charge in [-0.25, -0.2) is 0 Å². The van der Waals surface area contributed by atoms with Crippen LogP contribution in [0.4, 0.5) is 0 Å². The fourth-order valence-electron chi connectivity index (χ4n) is 3.64. The molecule has 1 aromatic rings. The number of rotatable bonds is 6. The molecule has 1 aromatic carbocycles. The third-order valence-corrected chi connectivity index (χ3v) is 5.27. The number of nitrogens with one attached hydrogen (secondary N) is 1. The first-order chi connectivity index (χ1) is 10.1. The molecule has 0 bridgehead atoms. The summed E-state index contributed by atoms with van der Waals surface area (Å²) in [6, 6.07) is 10.7. The van der Waals surface area contributed by atoms with Gasteiger partial charge in [-0.3, -0.25) is 4.90 Å². The van der Waals surface area contributed by atoms with Gasteiger partial charge in [-0.1, -0.05) is 45.0 Å². The third-order valence-electron chi connectivity index (χ3n) is 5.27. The summed E-state index contributed by atoms with van der Waals surface area (Å²) in [6.07, 6.45) is 3.65. The summed E-state index contributed by atoms with van der Waals surface area (Å²) in [7, 11) is 2.31. The first kappa shape index (κ1) is 16.5. The number of likely N-dealkylation sites (N-methyl/N-ethyl adjacent to an activating group) is 1. The largest absolute Gasteiger partial charge is 0.309 e. The van der Waals surface area contributed by atoms with Crippen LogP contribution < -0.4 is 5.32 Å². The molecule has 0 fully saturated rings. The SMILES string of the molecule is CCCNC1c2ccccc2C(C)CC1N(C)C(C)CC. The van der Waals surface area contributed by atoms with Crippen LogP contribution in [0.15, 0.2) is 24.3 Å². The van der Waals surface area contributed by atoms with E-state index in [9.17, 15) is 0 Å². The Morgan fingerprint density at radius 2 is 1.90 bits per heavy atom. The first-order valence-corrected chi connectivity index (χ1v) is 8.64. The Hall–Kier alpha value is -0.860. The van der Waals surface area contributed by atoms with Crippen molar-refractivity contribution in [1.82, 2.24) is 10.2 Å². The van der Waals surface area contributed by atoms with Crippen molar-refractivity contribution in [2.75, 3.05) is 13.6 Å². The number of fused-ring (bicyclic) bond motifs is 1. The second-order valence-corrected chi connectivity index (χ2v) is 6.69. The summed E-state index contributed by atoms with van der Waals surface area (Å²) in [5.74, 6) is 0.650. The van der Waals surface area contributed by atoms with Crippen molar-refractivity contribution in [2.24, 2.45) is 0 Å². The van der Waals surface area contributed by atoms with Crippen molar-refractivity contribution >= 4 is 0 Å². The van der Waals surface area contributed by atoms with E-state index in [0.717, 1.165) is 6.54 Å². The lowest BCUT2D eigenvalue weighted by molar-refractivity contribution is 0.121. The molecule has 0 aromatic heterocycles. The molecule has 1 aliphatic carbocycles. The van der Waals surface area contributed by atoms with Gasteiger partial charge in [0.25, 0.3) is 0 Å². The van der Waals surface area contributed by atoms with Gasteiger partial charge in [0.2, 0.25) is 0 Å². The zero-order valence-electron chi connectivity index (χ0n) is 14.4. The van der Waals surface area contributed by atoms with Gasteiger partial charge in [-0.15, -0.1) is 0 Å². The van der Waals surface area contributed by atoms with Crippen LogP contribution in [0.25, 0.3) is 0 Å². The highest BCUT2D eigenvalue weighted by Crippen LogP contribution is 2.39.